The van der Waals surface area contributed by atoms with Crippen LogP contribution in [0.2, 0.25) is 0 Å². The van der Waals surface area contributed by atoms with Crippen LogP contribution in [0, 0.1) is 11.3 Å². The van der Waals surface area contributed by atoms with Gasteiger partial charge in [0.15, 0.2) is 0 Å². The highest BCUT2D eigenvalue weighted by molar-refractivity contribution is 5.67. The van der Waals surface area contributed by atoms with Crippen molar-refractivity contribution in [2.75, 3.05) is 51.9 Å². The number of morpholine rings is 1. The Morgan fingerprint density at radius 2 is 1.81 bits per heavy atom. The van der Waals surface area contributed by atoms with Gasteiger partial charge in [0.25, 0.3) is 5.88 Å². The predicted molar refractivity (Wildman–Crippen MR) is 178 cm³/mol. The predicted octanol–water partition coefficient (Wildman–Crippen LogP) is 4.64. The van der Waals surface area contributed by atoms with Crippen molar-refractivity contribution < 1.29 is 18.9 Å². The molecule has 0 radical (unpaired) electrons. The molecule has 4 heterocycles. The molecule has 14 nitrogen and oxygen atoms in total. The van der Waals surface area contributed by atoms with Crippen LogP contribution in [0.1, 0.15) is 57.1 Å². The zero-order valence-corrected chi connectivity index (χ0v) is 27.7. The third kappa shape index (κ3) is 8.66. The summed E-state index contributed by atoms with van der Waals surface area (Å²) in [5, 5.41) is 22.0. The number of rotatable bonds is 15. The number of hydrogen-bond donors (Lipinski definition) is 1. The Kier molecular flexibility index (Phi) is 11.5. The first-order valence-electron chi connectivity index (χ1n) is 16.7. The largest absolute Gasteiger partial charge is 0.487 e. The highest BCUT2D eigenvalue weighted by atomic mass is 16.5. The van der Waals surface area contributed by atoms with E-state index < -0.39 is 0 Å². The first kappa shape index (κ1) is 33.3. The summed E-state index contributed by atoms with van der Waals surface area (Å²) >= 11 is 0. The average Bonchev–Trinajstić information content (AvgIpc) is 3.79. The van der Waals surface area contributed by atoms with Crippen LogP contribution in [0.15, 0.2) is 49.4 Å². The van der Waals surface area contributed by atoms with Gasteiger partial charge in [-0.25, -0.2) is 19.6 Å². The molecule has 1 aliphatic carbocycles. The van der Waals surface area contributed by atoms with Gasteiger partial charge in [0.05, 0.1) is 44.2 Å². The maximum atomic E-state index is 9.67. The standard InChI is InChI=1S/C34H44N10O4/c1-25(21-43-24-36-23-39-43)48-32-17-26(5-6-27(32)18-35)28-19-37-34(38-20-28)40-31-22-44(41-33(31)47-14-4-3-13-45-2)30-9-7-29(8-10-30)42-11-15-46-16-12-42/h5-6,17,19-20,22-25,29-30H,3-4,7-16,21H2,1-2H3,(H,37,38,40)/t25-,29?,30?/m0/s1. The molecule has 0 unspecified atom stereocenters. The molecule has 1 saturated carbocycles. The molecule has 6 rings (SSSR count). The van der Waals surface area contributed by atoms with Crippen LogP contribution in [0.3, 0.4) is 0 Å². The lowest BCUT2D eigenvalue weighted by molar-refractivity contribution is 0.00503. The minimum absolute atomic E-state index is 0.228. The van der Waals surface area contributed by atoms with Gasteiger partial charge in [-0.1, -0.05) is 6.07 Å². The first-order valence-corrected chi connectivity index (χ1v) is 16.7. The molecule has 0 bridgehead atoms. The summed E-state index contributed by atoms with van der Waals surface area (Å²) in [6.07, 6.45) is 14.6. The van der Waals surface area contributed by atoms with Crippen LogP contribution in [0.25, 0.3) is 11.1 Å². The Balaban J connectivity index is 1.13. The highest BCUT2D eigenvalue weighted by Gasteiger charge is 2.29. The lowest BCUT2D eigenvalue weighted by atomic mass is 9.90. The van der Waals surface area contributed by atoms with E-state index in [0.717, 1.165) is 81.6 Å². The van der Waals surface area contributed by atoms with Crippen LogP contribution in [0.5, 0.6) is 11.6 Å². The number of nitrogens with one attached hydrogen (secondary N) is 1. The summed E-state index contributed by atoms with van der Waals surface area (Å²) < 4.78 is 26.8. The van der Waals surface area contributed by atoms with E-state index in [1.54, 1.807) is 36.6 Å². The normalized spacial score (nSPS) is 19.0. The summed E-state index contributed by atoms with van der Waals surface area (Å²) in [7, 11) is 1.71. The molecule has 1 N–H and O–H groups in total. The molecule has 14 heteroatoms. The monoisotopic (exact) mass is 656 g/mol. The molecular weight excluding hydrogens is 612 g/mol. The van der Waals surface area contributed by atoms with Gasteiger partial charge in [0, 0.05) is 50.8 Å². The number of anilines is 2. The van der Waals surface area contributed by atoms with Crippen molar-refractivity contribution in [3.63, 3.8) is 0 Å². The van der Waals surface area contributed by atoms with Gasteiger partial charge in [-0.05, 0) is 63.1 Å². The van der Waals surface area contributed by atoms with E-state index in [0.29, 0.717) is 55.0 Å². The molecule has 1 aliphatic heterocycles. The second-order valence-corrected chi connectivity index (χ2v) is 12.3. The Morgan fingerprint density at radius 3 is 2.54 bits per heavy atom. The molecule has 2 aliphatic rings. The van der Waals surface area contributed by atoms with Gasteiger partial charge in [-0.2, -0.15) is 10.4 Å². The molecule has 1 atom stereocenters. The fourth-order valence-corrected chi connectivity index (χ4v) is 6.30. The van der Waals surface area contributed by atoms with Gasteiger partial charge in [-0.3, -0.25) is 9.58 Å². The maximum absolute atomic E-state index is 9.67. The summed E-state index contributed by atoms with van der Waals surface area (Å²) in [4.78, 5) is 15.8. The number of ether oxygens (including phenoxy) is 4. The van der Waals surface area contributed by atoms with Crippen LogP contribution in [-0.4, -0.2) is 98.2 Å². The molecule has 48 heavy (non-hydrogen) atoms. The molecule has 1 aromatic carbocycles. The quantitative estimate of drug-likeness (QED) is 0.178. The molecule has 0 spiro atoms. The van der Waals surface area contributed by atoms with Gasteiger partial charge in [-0.15, -0.1) is 5.10 Å². The molecule has 1 saturated heterocycles. The van der Waals surface area contributed by atoms with Gasteiger partial charge in [0.2, 0.25) is 5.95 Å². The minimum atomic E-state index is -0.228. The molecule has 254 valence electrons. The van der Waals surface area contributed by atoms with Crippen LogP contribution in [0.4, 0.5) is 11.6 Å². The lowest BCUT2D eigenvalue weighted by Gasteiger charge is -2.38. The topological polar surface area (TPSA) is 150 Å². The number of benzene rings is 1. The number of hydrogen-bond acceptors (Lipinski definition) is 12. The van der Waals surface area contributed by atoms with Gasteiger partial charge < -0.3 is 24.3 Å². The van der Waals surface area contributed by atoms with E-state index in [1.807, 2.05) is 25.3 Å². The zero-order valence-electron chi connectivity index (χ0n) is 27.7. The summed E-state index contributed by atoms with van der Waals surface area (Å²) in [6.45, 7) is 7.37. The fraction of sp³-hybridized carbons (Fsp3) is 0.529. The fourth-order valence-electron chi connectivity index (χ4n) is 6.30. The number of nitriles is 1. The first-order chi connectivity index (χ1) is 23.6. The smallest absolute Gasteiger partial charge is 0.256 e. The second-order valence-electron chi connectivity index (χ2n) is 12.3. The summed E-state index contributed by atoms with van der Waals surface area (Å²) in [5.74, 6) is 1.47. The van der Waals surface area contributed by atoms with E-state index in [4.69, 9.17) is 24.0 Å². The molecule has 3 aromatic heterocycles. The summed E-state index contributed by atoms with van der Waals surface area (Å²) in [5.41, 5.74) is 2.82. The third-order valence-electron chi connectivity index (χ3n) is 8.85. The number of unbranched alkanes of at least 4 members (excludes halogenated alkanes) is 1. The SMILES string of the molecule is COCCCCOc1nn(C2CCC(N3CCOCC3)CC2)cc1Nc1ncc(-c2ccc(C#N)c(O[C@@H](C)Cn3cncn3)c2)cn1. The van der Waals surface area contributed by atoms with E-state index >= 15 is 0 Å². The van der Waals surface area contributed by atoms with Crippen molar-refractivity contribution in [3.05, 3.63) is 55.0 Å². The number of aromatic nitrogens is 7. The second kappa shape index (κ2) is 16.5. The van der Waals surface area contributed by atoms with Gasteiger partial charge in [0.1, 0.15) is 36.3 Å². The molecule has 4 aromatic rings. The highest BCUT2D eigenvalue weighted by Crippen LogP contribution is 2.35. The average molecular weight is 657 g/mol. The van der Waals surface area contributed by atoms with Gasteiger partial charge >= 0.3 is 0 Å². The van der Waals surface area contributed by atoms with Crippen LogP contribution in [-0.2, 0) is 16.0 Å². The number of nitrogens with zero attached hydrogens (tertiary/aromatic N) is 9. The zero-order chi connectivity index (χ0) is 33.1. The maximum Gasteiger partial charge on any atom is 0.256 e. The van der Waals surface area contributed by atoms with Crippen molar-refractivity contribution in [2.24, 2.45) is 0 Å². The van der Waals surface area contributed by atoms with E-state index in [1.165, 1.54) is 6.33 Å². The van der Waals surface area contributed by atoms with Crippen molar-refractivity contribution >= 4 is 11.6 Å². The van der Waals surface area contributed by atoms with Crippen molar-refractivity contribution in [2.45, 2.75) is 70.2 Å². The van der Waals surface area contributed by atoms with Crippen molar-refractivity contribution in [1.82, 2.24) is 39.4 Å². The Bertz CT molecular complexity index is 1610. The van der Waals surface area contributed by atoms with Crippen LogP contribution >= 0.6 is 0 Å². The third-order valence-corrected chi connectivity index (χ3v) is 8.85. The van der Waals surface area contributed by atoms with Crippen molar-refractivity contribution in [3.8, 4) is 28.8 Å². The van der Waals surface area contributed by atoms with E-state index in [9.17, 15) is 5.26 Å². The minimum Gasteiger partial charge on any atom is -0.487 e. The molecule has 0 amide bonds. The van der Waals surface area contributed by atoms with E-state index in [2.05, 4.69) is 41.0 Å². The molecule has 2 fully saturated rings. The Hall–Kier alpha value is -4.58. The summed E-state index contributed by atoms with van der Waals surface area (Å²) in [6, 6.07) is 8.60. The Labute approximate surface area is 281 Å². The van der Waals surface area contributed by atoms with Crippen LogP contribution < -0.4 is 14.8 Å². The molecular formula is C34H44N10O4. The Morgan fingerprint density at radius 1 is 1.04 bits per heavy atom. The van der Waals surface area contributed by atoms with Crippen molar-refractivity contribution in [1.29, 1.82) is 5.26 Å². The lowest BCUT2D eigenvalue weighted by Crippen LogP contribution is -2.45. The number of methoxy groups -OCH3 is 1. The van der Waals surface area contributed by atoms with E-state index in [-0.39, 0.29) is 6.10 Å².